The van der Waals surface area contributed by atoms with E-state index < -0.39 is 0 Å². The molecule has 2 amide bonds. The number of anilines is 2. The number of halogens is 1. The molecule has 0 atom stereocenters. The summed E-state index contributed by atoms with van der Waals surface area (Å²) in [5.74, 6) is -0.181. The quantitative estimate of drug-likeness (QED) is 0.820. The van der Waals surface area contributed by atoms with E-state index in [4.69, 9.17) is 11.6 Å². The minimum atomic E-state index is -0.224. The number of hydrogen-bond acceptors (Lipinski definition) is 3. The van der Waals surface area contributed by atoms with Crippen molar-refractivity contribution in [3.63, 3.8) is 0 Å². The number of benzene rings is 2. The van der Waals surface area contributed by atoms with Gasteiger partial charge in [-0.2, -0.15) is 0 Å². The topological polar surface area (TPSA) is 49.4 Å². The molecule has 0 aliphatic carbocycles. The highest BCUT2D eigenvalue weighted by Crippen LogP contribution is 2.30. The Labute approximate surface area is 150 Å². The van der Waals surface area contributed by atoms with Crippen molar-refractivity contribution in [2.75, 3.05) is 23.0 Å². The number of hydrogen-bond donors (Lipinski definition) is 1. The molecular weight excluding hydrogens is 344 g/mol. The van der Waals surface area contributed by atoms with E-state index in [1.54, 1.807) is 34.9 Å². The molecule has 2 aromatic carbocycles. The summed E-state index contributed by atoms with van der Waals surface area (Å²) in [4.78, 5) is 27.2. The van der Waals surface area contributed by atoms with Gasteiger partial charge in [-0.3, -0.25) is 9.59 Å². The van der Waals surface area contributed by atoms with Gasteiger partial charge in [0, 0.05) is 29.1 Å². The van der Waals surface area contributed by atoms with Crippen LogP contribution in [0, 0.1) is 0 Å². The highest BCUT2D eigenvalue weighted by Gasteiger charge is 2.24. The van der Waals surface area contributed by atoms with Crippen molar-refractivity contribution < 1.29 is 9.59 Å². The lowest BCUT2D eigenvalue weighted by atomic mass is 10.1. The second-order valence-electron chi connectivity index (χ2n) is 5.50. The second kappa shape index (κ2) is 7.28. The number of carbonyl (C=O) groups is 2. The van der Waals surface area contributed by atoms with Crippen LogP contribution in [0.4, 0.5) is 11.4 Å². The average Bonchev–Trinajstić information content (AvgIpc) is 3.01. The molecule has 6 heteroatoms. The maximum absolute atomic E-state index is 12.5. The molecule has 1 saturated heterocycles. The van der Waals surface area contributed by atoms with Gasteiger partial charge in [0.05, 0.1) is 10.7 Å². The van der Waals surface area contributed by atoms with Crippen LogP contribution in [0.3, 0.4) is 0 Å². The zero-order valence-electron chi connectivity index (χ0n) is 13.2. The van der Waals surface area contributed by atoms with Crippen molar-refractivity contribution in [2.45, 2.75) is 17.7 Å². The minimum Gasteiger partial charge on any atom is -0.322 e. The molecule has 0 bridgehead atoms. The first kappa shape index (κ1) is 16.9. The third kappa shape index (κ3) is 3.57. The highest BCUT2D eigenvalue weighted by atomic mass is 35.5. The molecule has 3 rings (SSSR count). The normalized spacial score (nSPS) is 14.1. The first-order valence-electron chi connectivity index (χ1n) is 7.64. The summed E-state index contributed by atoms with van der Waals surface area (Å²) < 4.78 is 0. The van der Waals surface area contributed by atoms with Crippen molar-refractivity contribution in [3.8, 4) is 0 Å². The second-order valence-corrected chi connectivity index (χ2v) is 6.79. The van der Waals surface area contributed by atoms with E-state index in [1.165, 1.54) is 0 Å². The molecule has 0 spiro atoms. The first-order valence-corrected chi connectivity index (χ1v) is 9.24. The van der Waals surface area contributed by atoms with Crippen LogP contribution in [0.25, 0.3) is 0 Å². The Balaban J connectivity index is 1.83. The zero-order chi connectivity index (χ0) is 17.1. The molecule has 1 N–H and O–H groups in total. The summed E-state index contributed by atoms with van der Waals surface area (Å²) in [5, 5.41) is 3.36. The first-order chi connectivity index (χ1) is 11.6. The summed E-state index contributed by atoms with van der Waals surface area (Å²) in [6.45, 7) is 0.638. The molecular formula is C18H17ClN2O2S. The monoisotopic (exact) mass is 360 g/mol. The number of amides is 2. The molecule has 0 unspecified atom stereocenters. The van der Waals surface area contributed by atoms with Gasteiger partial charge in [0.15, 0.2) is 0 Å². The molecule has 124 valence electrons. The Morgan fingerprint density at radius 3 is 2.79 bits per heavy atom. The van der Waals surface area contributed by atoms with Gasteiger partial charge in [-0.05, 0) is 49.1 Å². The molecule has 4 nitrogen and oxygen atoms in total. The number of rotatable bonds is 4. The highest BCUT2D eigenvalue weighted by molar-refractivity contribution is 7.98. The van der Waals surface area contributed by atoms with E-state index in [9.17, 15) is 9.59 Å². The van der Waals surface area contributed by atoms with Gasteiger partial charge < -0.3 is 10.2 Å². The van der Waals surface area contributed by atoms with Crippen LogP contribution in [0.1, 0.15) is 23.2 Å². The van der Waals surface area contributed by atoms with Gasteiger partial charge in [-0.15, -0.1) is 11.8 Å². The summed E-state index contributed by atoms with van der Waals surface area (Å²) in [6, 6.07) is 12.7. The molecule has 2 aromatic rings. The van der Waals surface area contributed by atoms with Gasteiger partial charge >= 0.3 is 0 Å². The van der Waals surface area contributed by atoms with Crippen molar-refractivity contribution in [1.29, 1.82) is 0 Å². The molecule has 1 heterocycles. The van der Waals surface area contributed by atoms with Crippen LogP contribution < -0.4 is 10.2 Å². The van der Waals surface area contributed by atoms with Gasteiger partial charge in [-0.1, -0.05) is 17.7 Å². The minimum absolute atomic E-state index is 0.0436. The fourth-order valence-corrected chi connectivity index (χ4v) is 3.35. The van der Waals surface area contributed by atoms with E-state index in [1.807, 2.05) is 30.5 Å². The lowest BCUT2D eigenvalue weighted by Gasteiger charge is -2.18. The molecule has 1 aliphatic heterocycles. The number of carbonyl (C=O) groups excluding carboxylic acids is 2. The summed E-state index contributed by atoms with van der Waals surface area (Å²) in [6.07, 6.45) is 3.32. The Bertz CT molecular complexity index is 794. The third-order valence-electron chi connectivity index (χ3n) is 3.90. The fourth-order valence-electron chi connectivity index (χ4n) is 2.67. The van der Waals surface area contributed by atoms with Gasteiger partial charge in [0.2, 0.25) is 5.91 Å². The van der Waals surface area contributed by atoms with Crippen molar-refractivity contribution in [2.24, 2.45) is 0 Å². The van der Waals surface area contributed by atoms with E-state index in [0.717, 1.165) is 17.0 Å². The van der Waals surface area contributed by atoms with E-state index in [2.05, 4.69) is 5.32 Å². The maximum Gasteiger partial charge on any atom is 0.255 e. The van der Waals surface area contributed by atoms with Crippen LogP contribution in [0.2, 0.25) is 5.02 Å². The lowest BCUT2D eigenvalue weighted by Crippen LogP contribution is -2.24. The smallest absolute Gasteiger partial charge is 0.255 e. The molecule has 24 heavy (non-hydrogen) atoms. The molecule has 0 radical (unpaired) electrons. The van der Waals surface area contributed by atoms with Gasteiger partial charge in [0.25, 0.3) is 5.91 Å². The third-order valence-corrected chi connectivity index (χ3v) is 4.95. The largest absolute Gasteiger partial charge is 0.322 e. The number of nitrogens with zero attached hydrogens (tertiary/aromatic N) is 1. The SMILES string of the molecule is CSc1cccc(NC(=O)c2ccc(Cl)c(N3CCCC3=O)c2)c1. The van der Waals surface area contributed by atoms with Crippen LogP contribution in [0.15, 0.2) is 47.4 Å². The lowest BCUT2D eigenvalue weighted by molar-refractivity contribution is -0.117. The standard InChI is InChI=1S/C18H17ClN2O2S/c1-24-14-5-2-4-13(11-14)20-18(23)12-7-8-15(19)16(10-12)21-9-3-6-17(21)22/h2,4-5,7-8,10-11H,3,6,9H2,1H3,(H,20,23). The fraction of sp³-hybridized carbons (Fsp3) is 0.222. The zero-order valence-corrected chi connectivity index (χ0v) is 14.8. The van der Waals surface area contributed by atoms with Gasteiger partial charge in [0.1, 0.15) is 0 Å². The van der Waals surface area contributed by atoms with Crippen LogP contribution in [0.5, 0.6) is 0 Å². The summed E-state index contributed by atoms with van der Waals surface area (Å²) in [7, 11) is 0. The van der Waals surface area contributed by atoms with E-state index >= 15 is 0 Å². The van der Waals surface area contributed by atoms with Crippen LogP contribution in [-0.2, 0) is 4.79 Å². The molecule has 1 aliphatic rings. The Kier molecular flexibility index (Phi) is 5.11. The van der Waals surface area contributed by atoms with Crippen molar-refractivity contribution in [3.05, 3.63) is 53.1 Å². The van der Waals surface area contributed by atoms with Crippen LogP contribution in [-0.4, -0.2) is 24.6 Å². The van der Waals surface area contributed by atoms with E-state index in [-0.39, 0.29) is 11.8 Å². The van der Waals surface area contributed by atoms with Crippen molar-refractivity contribution >= 4 is 46.6 Å². The Morgan fingerprint density at radius 2 is 2.08 bits per heavy atom. The number of nitrogens with one attached hydrogen (secondary N) is 1. The Hall–Kier alpha value is -1.98. The van der Waals surface area contributed by atoms with E-state index in [0.29, 0.717) is 29.2 Å². The number of thioether (sulfide) groups is 1. The molecule has 1 fully saturated rings. The average molecular weight is 361 g/mol. The van der Waals surface area contributed by atoms with Crippen molar-refractivity contribution in [1.82, 2.24) is 0 Å². The molecule has 0 aromatic heterocycles. The Morgan fingerprint density at radius 1 is 1.25 bits per heavy atom. The predicted molar refractivity (Wildman–Crippen MR) is 99.2 cm³/mol. The van der Waals surface area contributed by atoms with Crippen LogP contribution >= 0.6 is 23.4 Å². The molecule has 0 saturated carbocycles. The summed E-state index contributed by atoms with van der Waals surface area (Å²) in [5.41, 5.74) is 1.81. The van der Waals surface area contributed by atoms with Gasteiger partial charge in [-0.25, -0.2) is 0 Å². The summed E-state index contributed by atoms with van der Waals surface area (Å²) >= 11 is 7.83. The predicted octanol–water partition coefficient (Wildman–Crippen LogP) is 4.44. The maximum atomic E-state index is 12.5.